The lowest BCUT2D eigenvalue weighted by molar-refractivity contribution is 0.0933. The van der Waals surface area contributed by atoms with Crippen molar-refractivity contribution in [2.24, 2.45) is 0 Å². The van der Waals surface area contributed by atoms with E-state index < -0.39 is 0 Å². The van der Waals surface area contributed by atoms with Crippen LogP contribution in [-0.4, -0.2) is 17.5 Å². The molecule has 82 valence electrons. The van der Waals surface area contributed by atoms with Gasteiger partial charge in [0.1, 0.15) is 11.2 Å². The number of aromatic nitrogens is 1. The third-order valence-electron chi connectivity index (χ3n) is 2.75. The Morgan fingerprint density at radius 2 is 2.38 bits per heavy atom. The molecule has 3 heterocycles. The first-order valence-electron chi connectivity index (χ1n) is 5.04. The molecule has 16 heavy (non-hydrogen) atoms. The SMILES string of the molecule is CNC1NC(=O)c2ccsc2-n2cccc21. The van der Waals surface area contributed by atoms with Crippen molar-refractivity contribution in [3.8, 4) is 5.00 Å². The Balaban J connectivity index is 2.25. The molecule has 0 radical (unpaired) electrons. The van der Waals surface area contributed by atoms with Crippen LogP contribution < -0.4 is 10.6 Å². The molecule has 2 N–H and O–H groups in total. The minimum atomic E-state index is -0.137. The fourth-order valence-electron chi connectivity index (χ4n) is 1.98. The van der Waals surface area contributed by atoms with Crippen molar-refractivity contribution in [3.05, 3.63) is 41.0 Å². The van der Waals surface area contributed by atoms with Gasteiger partial charge in [0.05, 0.1) is 11.3 Å². The number of carbonyl (C=O) groups excluding carboxylic acids is 1. The summed E-state index contributed by atoms with van der Waals surface area (Å²) in [6.07, 6.45) is 1.84. The highest BCUT2D eigenvalue weighted by Crippen LogP contribution is 2.28. The van der Waals surface area contributed by atoms with Gasteiger partial charge in [0.25, 0.3) is 5.91 Å². The highest BCUT2D eigenvalue weighted by Gasteiger charge is 2.25. The number of amides is 1. The predicted molar refractivity (Wildman–Crippen MR) is 62.9 cm³/mol. The van der Waals surface area contributed by atoms with Crippen LogP contribution >= 0.6 is 11.3 Å². The van der Waals surface area contributed by atoms with Crippen molar-refractivity contribution in [2.75, 3.05) is 7.05 Å². The zero-order chi connectivity index (χ0) is 11.1. The predicted octanol–water partition coefficient (Wildman–Crippen LogP) is 1.50. The molecule has 5 heteroatoms. The van der Waals surface area contributed by atoms with E-state index in [4.69, 9.17) is 0 Å². The maximum atomic E-state index is 11.9. The summed E-state index contributed by atoms with van der Waals surface area (Å²) < 4.78 is 2.05. The first kappa shape index (κ1) is 9.62. The summed E-state index contributed by atoms with van der Waals surface area (Å²) in [5.74, 6) is -0.0284. The molecular formula is C11H11N3OS. The Labute approximate surface area is 96.9 Å². The van der Waals surface area contributed by atoms with Gasteiger partial charge in [-0.2, -0.15) is 0 Å². The van der Waals surface area contributed by atoms with Gasteiger partial charge in [-0.25, -0.2) is 0 Å². The van der Waals surface area contributed by atoms with E-state index in [1.165, 1.54) is 0 Å². The average Bonchev–Trinajstić information content (AvgIpc) is 2.91. The molecular weight excluding hydrogens is 222 g/mol. The van der Waals surface area contributed by atoms with Gasteiger partial charge < -0.3 is 9.88 Å². The third kappa shape index (κ3) is 1.22. The first-order valence-corrected chi connectivity index (χ1v) is 5.92. The molecule has 0 saturated carbocycles. The van der Waals surface area contributed by atoms with Crippen LogP contribution in [0.5, 0.6) is 0 Å². The highest BCUT2D eigenvalue weighted by atomic mass is 32.1. The molecule has 0 fully saturated rings. The lowest BCUT2D eigenvalue weighted by Crippen LogP contribution is -2.35. The number of rotatable bonds is 1. The molecule has 1 unspecified atom stereocenters. The molecule has 2 aromatic rings. The zero-order valence-corrected chi connectivity index (χ0v) is 9.54. The van der Waals surface area contributed by atoms with Crippen molar-refractivity contribution in [2.45, 2.75) is 6.17 Å². The van der Waals surface area contributed by atoms with E-state index in [0.717, 1.165) is 16.3 Å². The Kier molecular flexibility index (Phi) is 2.08. The third-order valence-corrected chi connectivity index (χ3v) is 3.66. The molecule has 0 spiro atoms. The number of fused-ring (bicyclic) bond motifs is 3. The standard InChI is InChI=1S/C11H11N3OS/c1-12-9-8-3-2-5-14(8)11-7(4-6-16-11)10(15)13-9/h2-6,9,12H,1H3,(H,13,15). The van der Waals surface area contributed by atoms with Gasteiger partial charge in [0, 0.05) is 6.20 Å². The van der Waals surface area contributed by atoms with Crippen LogP contribution in [0.2, 0.25) is 0 Å². The van der Waals surface area contributed by atoms with E-state index in [-0.39, 0.29) is 12.1 Å². The Morgan fingerprint density at radius 1 is 1.50 bits per heavy atom. The molecule has 0 bridgehead atoms. The molecule has 4 nitrogen and oxygen atoms in total. The van der Waals surface area contributed by atoms with Gasteiger partial charge in [-0.1, -0.05) is 0 Å². The quantitative estimate of drug-likeness (QED) is 0.784. The van der Waals surface area contributed by atoms with Crippen molar-refractivity contribution in [3.63, 3.8) is 0 Å². The fraction of sp³-hybridized carbons (Fsp3) is 0.182. The topological polar surface area (TPSA) is 46.1 Å². The van der Waals surface area contributed by atoms with Gasteiger partial charge >= 0.3 is 0 Å². The van der Waals surface area contributed by atoms with Crippen LogP contribution in [-0.2, 0) is 0 Å². The van der Waals surface area contributed by atoms with Crippen molar-refractivity contribution >= 4 is 17.2 Å². The van der Waals surface area contributed by atoms with E-state index in [1.807, 2.05) is 36.8 Å². The molecule has 0 aromatic carbocycles. The Morgan fingerprint density at radius 3 is 3.19 bits per heavy atom. The number of hydrogen-bond donors (Lipinski definition) is 2. The maximum absolute atomic E-state index is 11.9. The van der Waals surface area contributed by atoms with Gasteiger partial charge in [-0.3, -0.25) is 10.1 Å². The van der Waals surface area contributed by atoms with Crippen LogP contribution in [0.4, 0.5) is 0 Å². The lowest BCUT2D eigenvalue weighted by Gasteiger charge is -2.15. The molecule has 1 atom stereocenters. The smallest absolute Gasteiger partial charge is 0.255 e. The summed E-state index contributed by atoms with van der Waals surface area (Å²) in [7, 11) is 1.84. The van der Waals surface area contributed by atoms with E-state index in [1.54, 1.807) is 11.3 Å². The second kappa shape index (κ2) is 3.47. The molecule has 0 aliphatic carbocycles. The monoisotopic (exact) mass is 233 g/mol. The van der Waals surface area contributed by atoms with E-state index in [2.05, 4.69) is 15.2 Å². The van der Waals surface area contributed by atoms with Gasteiger partial charge in [-0.15, -0.1) is 11.3 Å². The lowest BCUT2D eigenvalue weighted by atomic mass is 10.3. The van der Waals surface area contributed by atoms with Gasteiger partial charge in [0.15, 0.2) is 0 Å². The van der Waals surface area contributed by atoms with Gasteiger partial charge in [0.2, 0.25) is 0 Å². The fourth-order valence-corrected chi connectivity index (χ4v) is 2.88. The molecule has 0 saturated heterocycles. The normalized spacial score (nSPS) is 18.6. The first-order chi connectivity index (χ1) is 7.81. The van der Waals surface area contributed by atoms with E-state index >= 15 is 0 Å². The van der Waals surface area contributed by atoms with Crippen LogP contribution in [0, 0.1) is 0 Å². The second-order valence-electron chi connectivity index (χ2n) is 3.64. The minimum absolute atomic E-state index is 0.0284. The summed E-state index contributed by atoms with van der Waals surface area (Å²) in [4.78, 5) is 11.9. The largest absolute Gasteiger partial charge is 0.331 e. The number of nitrogens with one attached hydrogen (secondary N) is 2. The van der Waals surface area contributed by atoms with Crippen LogP contribution in [0.15, 0.2) is 29.8 Å². The summed E-state index contributed by atoms with van der Waals surface area (Å²) in [6.45, 7) is 0. The maximum Gasteiger partial charge on any atom is 0.255 e. The number of hydrogen-bond acceptors (Lipinski definition) is 3. The highest BCUT2D eigenvalue weighted by molar-refractivity contribution is 7.13. The van der Waals surface area contributed by atoms with Crippen LogP contribution in [0.25, 0.3) is 5.00 Å². The summed E-state index contributed by atoms with van der Waals surface area (Å²) in [5, 5.41) is 8.96. The molecule has 1 aliphatic heterocycles. The molecule has 1 amide bonds. The summed E-state index contributed by atoms with van der Waals surface area (Å²) in [6, 6.07) is 5.86. The van der Waals surface area contributed by atoms with Crippen molar-refractivity contribution < 1.29 is 4.79 Å². The zero-order valence-electron chi connectivity index (χ0n) is 8.73. The Hall–Kier alpha value is -1.59. The van der Waals surface area contributed by atoms with Crippen LogP contribution in [0.1, 0.15) is 22.2 Å². The van der Waals surface area contributed by atoms with E-state index in [0.29, 0.717) is 0 Å². The van der Waals surface area contributed by atoms with E-state index in [9.17, 15) is 4.79 Å². The minimum Gasteiger partial charge on any atom is -0.331 e. The molecule has 1 aliphatic rings. The van der Waals surface area contributed by atoms with Crippen molar-refractivity contribution in [1.82, 2.24) is 15.2 Å². The average molecular weight is 233 g/mol. The molecule has 3 rings (SSSR count). The number of nitrogens with zero attached hydrogens (tertiary/aromatic N) is 1. The second-order valence-corrected chi connectivity index (χ2v) is 4.53. The van der Waals surface area contributed by atoms with Crippen LogP contribution in [0.3, 0.4) is 0 Å². The summed E-state index contributed by atoms with van der Waals surface area (Å²) >= 11 is 1.58. The Bertz CT molecular complexity index is 543. The summed E-state index contributed by atoms with van der Waals surface area (Å²) in [5.41, 5.74) is 1.79. The number of thiophene rings is 1. The number of carbonyl (C=O) groups is 1. The molecule has 2 aromatic heterocycles. The van der Waals surface area contributed by atoms with Gasteiger partial charge in [-0.05, 0) is 30.6 Å². The van der Waals surface area contributed by atoms with Crippen molar-refractivity contribution in [1.29, 1.82) is 0 Å².